The van der Waals surface area contributed by atoms with E-state index in [1.165, 1.54) is 21.7 Å². The van der Waals surface area contributed by atoms with Crippen LogP contribution in [0.25, 0.3) is 32.3 Å². The maximum atomic E-state index is 14.5. The van der Waals surface area contributed by atoms with Crippen LogP contribution in [-0.2, 0) is 26.3 Å². The smallest absolute Gasteiger partial charge is 0.330 e. The average Bonchev–Trinajstić information content (AvgIpc) is 3.61. The lowest BCUT2D eigenvalue weighted by Gasteiger charge is -2.37. The number of hydrogen-bond donors (Lipinski definition) is 2. The van der Waals surface area contributed by atoms with E-state index in [9.17, 15) is 19.5 Å². The lowest BCUT2D eigenvalue weighted by molar-refractivity contribution is -0.135. The van der Waals surface area contributed by atoms with Crippen LogP contribution in [0.5, 0.6) is 11.5 Å². The Morgan fingerprint density at radius 3 is 1.93 bits per heavy atom. The molecule has 1 aliphatic heterocycles. The van der Waals surface area contributed by atoms with Crippen molar-refractivity contribution in [1.29, 1.82) is 0 Å². The highest BCUT2D eigenvalue weighted by Gasteiger charge is 2.50. The summed E-state index contributed by atoms with van der Waals surface area (Å²) in [5.41, 5.74) is 0.622. The van der Waals surface area contributed by atoms with Gasteiger partial charge in [-0.3, -0.25) is 19.1 Å². The summed E-state index contributed by atoms with van der Waals surface area (Å²) in [6.07, 6.45) is -2.21. The van der Waals surface area contributed by atoms with Crippen LogP contribution in [-0.4, -0.2) is 71.6 Å². The van der Waals surface area contributed by atoms with Crippen LogP contribution in [0.2, 0.25) is 0 Å². The maximum Gasteiger partial charge on any atom is 0.330 e. The molecule has 8 aromatic rings. The minimum Gasteiger partial charge on any atom is -0.497 e. The number of carbonyl (C=O) groups excluding carboxylic acids is 1. The second-order valence-corrected chi connectivity index (χ2v) is 15.1. The predicted octanol–water partition coefficient (Wildman–Crippen LogP) is 6.79. The Morgan fingerprint density at radius 1 is 0.733 bits per heavy atom. The van der Waals surface area contributed by atoms with Gasteiger partial charge in [0.05, 0.1) is 27.2 Å². The van der Waals surface area contributed by atoms with Gasteiger partial charge in [-0.25, -0.2) is 4.79 Å². The summed E-state index contributed by atoms with van der Waals surface area (Å²) in [5, 5.41) is 18.8. The number of hydrogen-bond acceptors (Lipinski definition) is 8. The third-order valence-electron chi connectivity index (χ3n) is 11.9. The van der Waals surface area contributed by atoms with E-state index in [1.54, 1.807) is 21.3 Å². The van der Waals surface area contributed by atoms with Crippen molar-refractivity contribution in [2.45, 2.75) is 36.5 Å². The largest absolute Gasteiger partial charge is 0.497 e. The minimum atomic E-state index is -1.33. The van der Waals surface area contributed by atoms with E-state index < -0.39 is 41.3 Å². The predicted molar refractivity (Wildman–Crippen MR) is 230 cm³/mol. The molecular weight excluding hydrogens is 759 g/mol. The molecule has 60 heavy (non-hydrogen) atoms. The Hall–Kier alpha value is -6.79. The molecule has 2 unspecified atom stereocenters. The molecule has 0 aliphatic carbocycles. The highest BCUT2D eigenvalue weighted by atomic mass is 16.6. The number of rotatable bonds is 12. The summed E-state index contributed by atoms with van der Waals surface area (Å²) in [7, 11) is 4.81. The molecule has 9 rings (SSSR count). The number of aromatic amines is 1. The molecule has 4 atom stereocenters. The molecule has 1 aliphatic rings. The Morgan fingerprint density at radius 2 is 1.32 bits per heavy atom. The summed E-state index contributed by atoms with van der Waals surface area (Å²) in [6.45, 7) is -0.170. The van der Waals surface area contributed by atoms with Crippen molar-refractivity contribution in [3.05, 3.63) is 189 Å². The fourth-order valence-corrected chi connectivity index (χ4v) is 8.83. The van der Waals surface area contributed by atoms with Gasteiger partial charge in [0.15, 0.2) is 6.23 Å². The number of aromatic nitrogens is 2. The van der Waals surface area contributed by atoms with Crippen LogP contribution in [0.3, 0.4) is 0 Å². The maximum absolute atomic E-state index is 14.5. The molecule has 1 amide bonds. The topological polar surface area (TPSA) is 132 Å². The van der Waals surface area contributed by atoms with Gasteiger partial charge in [-0.1, -0.05) is 109 Å². The number of methoxy groups -OCH3 is 2. The van der Waals surface area contributed by atoms with Gasteiger partial charge in [0.1, 0.15) is 35.3 Å². The van der Waals surface area contributed by atoms with Crippen LogP contribution in [0.4, 0.5) is 0 Å². The fourth-order valence-electron chi connectivity index (χ4n) is 8.83. The molecule has 1 saturated heterocycles. The Balaban J connectivity index is 1.08. The monoisotopic (exact) mass is 801 g/mol. The summed E-state index contributed by atoms with van der Waals surface area (Å²) in [5.74, 6) is 1.03. The standard InChI is InChI=1S/C49H43N3O8/c1-51(42(54)28-33-15-14-32-13-12-30-8-7-9-31-16-25-39(33)44(32)43(30)31)45-46(55)40(60-47(45)52-27-26-41(53)50-48(52)56)29-59-49(34-10-5-4-6-11-34,35-17-21-37(57-2)22-18-35)36-19-23-38(58-3)24-20-36/h4-27,40,45-47,55H,28-29H2,1-3H3,(H,50,53,56)/t40-,45?,46?,47-/m1/s1. The number of amides is 1. The Bertz CT molecular complexity index is 2870. The number of ether oxygens (including phenoxy) is 4. The lowest BCUT2D eigenvalue weighted by atomic mass is 9.80. The zero-order valence-electron chi connectivity index (χ0n) is 33.3. The van der Waals surface area contributed by atoms with E-state index in [0.29, 0.717) is 11.5 Å². The molecule has 2 N–H and O–H groups in total. The molecule has 7 aromatic carbocycles. The molecule has 0 spiro atoms. The van der Waals surface area contributed by atoms with Crippen LogP contribution in [0.1, 0.15) is 28.5 Å². The SMILES string of the molecule is COc1ccc(C(OC[C@H]2O[C@@H](n3ccc(=O)[nH]c3=O)C(N(C)C(=O)Cc3ccc4ccc5cccc6ccc3c4c56)C2O)(c2ccccc2)c2ccc(OC)cc2)cc1. The first-order valence-corrected chi connectivity index (χ1v) is 19.7. The summed E-state index contributed by atoms with van der Waals surface area (Å²) in [4.78, 5) is 43.7. The van der Waals surface area contributed by atoms with Crippen molar-refractivity contribution in [3.63, 3.8) is 0 Å². The van der Waals surface area contributed by atoms with E-state index in [1.807, 2.05) is 97.1 Å². The molecule has 11 heteroatoms. The van der Waals surface area contributed by atoms with Crippen LogP contribution >= 0.6 is 0 Å². The van der Waals surface area contributed by atoms with Gasteiger partial charge < -0.3 is 29.0 Å². The second kappa shape index (κ2) is 15.8. The molecule has 302 valence electrons. The van der Waals surface area contributed by atoms with Gasteiger partial charge in [-0.05, 0) is 78.8 Å². The first-order valence-electron chi connectivity index (χ1n) is 19.7. The normalized spacial score (nSPS) is 18.0. The van der Waals surface area contributed by atoms with Crippen LogP contribution < -0.4 is 20.7 Å². The molecule has 1 fully saturated rings. The van der Waals surface area contributed by atoms with Gasteiger partial charge in [-0.15, -0.1) is 0 Å². The number of aliphatic hydroxyl groups is 1. The lowest BCUT2D eigenvalue weighted by Crippen LogP contribution is -2.50. The number of nitrogens with zero attached hydrogens (tertiary/aromatic N) is 2. The zero-order valence-corrected chi connectivity index (χ0v) is 33.3. The number of likely N-dealkylation sites (N-methyl/N-ethyl adjacent to an activating group) is 1. The van der Waals surface area contributed by atoms with Gasteiger partial charge in [0, 0.05) is 19.3 Å². The van der Waals surface area contributed by atoms with Gasteiger partial charge in [0.25, 0.3) is 5.56 Å². The molecular formula is C49H43N3O8. The minimum absolute atomic E-state index is 0.0222. The number of nitrogens with one attached hydrogen (secondary N) is 1. The molecule has 0 bridgehead atoms. The molecule has 2 heterocycles. The Labute approximate surface area is 345 Å². The van der Waals surface area contributed by atoms with Crippen molar-refractivity contribution >= 4 is 38.2 Å². The quantitative estimate of drug-likeness (QED) is 0.102. The number of H-pyrrole nitrogens is 1. The summed E-state index contributed by atoms with van der Waals surface area (Å²) in [6, 6.07) is 43.6. The van der Waals surface area contributed by atoms with E-state index in [4.69, 9.17) is 18.9 Å². The van der Waals surface area contributed by atoms with Gasteiger partial charge in [0.2, 0.25) is 5.91 Å². The first-order chi connectivity index (χ1) is 29.2. The first kappa shape index (κ1) is 38.7. The highest BCUT2D eigenvalue weighted by molar-refractivity contribution is 6.23. The van der Waals surface area contributed by atoms with Gasteiger partial charge >= 0.3 is 5.69 Å². The van der Waals surface area contributed by atoms with Gasteiger partial charge in [-0.2, -0.15) is 0 Å². The third kappa shape index (κ3) is 6.66. The molecule has 0 saturated carbocycles. The van der Waals surface area contributed by atoms with E-state index >= 15 is 0 Å². The van der Waals surface area contributed by atoms with E-state index in [0.717, 1.165) is 54.6 Å². The molecule has 1 aromatic heterocycles. The van der Waals surface area contributed by atoms with Crippen molar-refractivity contribution < 1.29 is 28.8 Å². The average molecular weight is 802 g/mol. The summed E-state index contributed by atoms with van der Waals surface area (Å²) >= 11 is 0. The third-order valence-corrected chi connectivity index (χ3v) is 11.9. The number of aliphatic hydroxyl groups excluding tert-OH is 1. The van der Waals surface area contributed by atoms with Crippen molar-refractivity contribution in [3.8, 4) is 11.5 Å². The summed E-state index contributed by atoms with van der Waals surface area (Å²) < 4.78 is 25.9. The zero-order chi connectivity index (χ0) is 41.5. The van der Waals surface area contributed by atoms with E-state index in [-0.39, 0.29) is 18.9 Å². The number of carbonyl (C=O) groups is 1. The van der Waals surface area contributed by atoms with Crippen molar-refractivity contribution in [2.24, 2.45) is 0 Å². The Kier molecular flexibility index (Phi) is 10.2. The highest BCUT2D eigenvalue weighted by Crippen LogP contribution is 2.43. The van der Waals surface area contributed by atoms with E-state index in [2.05, 4.69) is 41.4 Å². The van der Waals surface area contributed by atoms with Crippen LogP contribution in [0, 0.1) is 0 Å². The second-order valence-electron chi connectivity index (χ2n) is 15.1. The number of benzene rings is 7. The fraction of sp³-hybridized carbons (Fsp3) is 0.204. The molecule has 11 nitrogen and oxygen atoms in total. The van der Waals surface area contributed by atoms with Crippen molar-refractivity contribution in [2.75, 3.05) is 27.9 Å². The molecule has 0 radical (unpaired) electrons. The van der Waals surface area contributed by atoms with Crippen LogP contribution in [0.15, 0.2) is 155 Å². The van der Waals surface area contributed by atoms with Crippen molar-refractivity contribution in [1.82, 2.24) is 14.5 Å².